The first-order chi connectivity index (χ1) is 14.3. The lowest BCUT2D eigenvalue weighted by molar-refractivity contribution is 0.163. The van der Waals surface area contributed by atoms with E-state index in [4.69, 9.17) is 14.2 Å². The summed E-state index contributed by atoms with van der Waals surface area (Å²) < 4.78 is 16.7. The third-order valence-corrected chi connectivity index (χ3v) is 5.47. The molecule has 4 rings (SSSR count). The molecular formula is C20H21N5O3S. The van der Waals surface area contributed by atoms with Crippen molar-refractivity contribution in [3.05, 3.63) is 48.7 Å². The normalized spacial score (nSPS) is 13.6. The fraction of sp³-hybridized carbons (Fsp3) is 0.300. The van der Waals surface area contributed by atoms with Crippen LogP contribution in [0.15, 0.2) is 43.1 Å². The van der Waals surface area contributed by atoms with Crippen LogP contribution in [0.1, 0.15) is 10.8 Å². The van der Waals surface area contributed by atoms with Crippen LogP contribution in [0.4, 0.5) is 5.82 Å². The summed E-state index contributed by atoms with van der Waals surface area (Å²) >= 11 is 1.72. The van der Waals surface area contributed by atoms with Gasteiger partial charge in [0.1, 0.15) is 31.1 Å². The summed E-state index contributed by atoms with van der Waals surface area (Å²) in [5.41, 5.74) is 2.69. The van der Waals surface area contributed by atoms with E-state index in [1.807, 2.05) is 18.2 Å². The molecule has 1 aliphatic rings. The third kappa shape index (κ3) is 4.34. The Labute approximate surface area is 173 Å². The molecule has 0 amide bonds. The summed E-state index contributed by atoms with van der Waals surface area (Å²) in [5, 5.41) is 3.54. The number of nitrogens with one attached hydrogen (secondary N) is 1. The van der Waals surface area contributed by atoms with Gasteiger partial charge in [-0.15, -0.1) is 0 Å². The topological polar surface area (TPSA) is 91.3 Å². The van der Waals surface area contributed by atoms with Gasteiger partial charge in [-0.3, -0.25) is 4.98 Å². The minimum Gasteiger partial charge on any atom is -0.495 e. The summed E-state index contributed by atoms with van der Waals surface area (Å²) in [4.78, 5) is 17.1. The standard InChI is InChI=1S/C20H21N5O3S/c1-26-14-7-13(9-21-10-14)16-8-18(25-12-24-16)23-11-17(29-2)15-3-4-22-20-19(15)27-5-6-28-20/h3-4,7-10,12,17H,5-6,11H2,1-2H3,(H,23,24,25). The van der Waals surface area contributed by atoms with Crippen molar-refractivity contribution in [2.45, 2.75) is 5.25 Å². The van der Waals surface area contributed by atoms with E-state index in [2.05, 4.69) is 31.5 Å². The predicted molar refractivity (Wildman–Crippen MR) is 112 cm³/mol. The van der Waals surface area contributed by atoms with Crippen LogP contribution < -0.4 is 19.5 Å². The summed E-state index contributed by atoms with van der Waals surface area (Å²) in [6.07, 6.45) is 8.77. The van der Waals surface area contributed by atoms with Gasteiger partial charge in [0, 0.05) is 36.1 Å². The number of aromatic nitrogens is 4. The number of anilines is 1. The first-order valence-electron chi connectivity index (χ1n) is 9.11. The Kier molecular flexibility index (Phi) is 5.95. The lowest BCUT2D eigenvalue weighted by atomic mass is 10.1. The molecule has 1 atom stereocenters. The van der Waals surface area contributed by atoms with Crippen LogP contribution >= 0.6 is 11.8 Å². The second kappa shape index (κ2) is 8.95. The highest BCUT2D eigenvalue weighted by molar-refractivity contribution is 7.98. The zero-order valence-corrected chi connectivity index (χ0v) is 17.0. The van der Waals surface area contributed by atoms with Crippen LogP contribution in [-0.2, 0) is 0 Å². The van der Waals surface area contributed by atoms with Crippen LogP contribution in [0.3, 0.4) is 0 Å². The van der Waals surface area contributed by atoms with E-state index < -0.39 is 0 Å². The van der Waals surface area contributed by atoms with Gasteiger partial charge in [-0.1, -0.05) is 0 Å². The predicted octanol–water partition coefficient (Wildman–Crippen LogP) is 3.23. The molecule has 1 aliphatic heterocycles. The van der Waals surface area contributed by atoms with Crippen LogP contribution in [0.25, 0.3) is 11.3 Å². The van der Waals surface area contributed by atoms with Crippen LogP contribution in [0.5, 0.6) is 17.4 Å². The van der Waals surface area contributed by atoms with Gasteiger partial charge < -0.3 is 19.5 Å². The molecule has 3 aromatic heterocycles. The fourth-order valence-corrected chi connectivity index (χ4v) is 3.72. The number of fused-ring (bicyclic) bond motifs is 1. The fourth-order valence-electron chi connectivity index (χ4n) is 3.03. The van der Waals surface area contributed by atoms with E-state index in [1.165, 1.54) is 6.33 Å². The van der Waals surface area contributed by atoms with Crippen molar-refractivity contribution in [3.8, 4) is 28.6 Å². The second-order valence-electron chi connectivity index (χ2n) is 6.24. The Morgan fingerprint density at radius 2 is 2.07 bits per heavy atom. The number of hydrogen-bond donors (Lipinski definition) is 1. The Hall–Kier alpha value is -3.07. The van der Waals surface area contributed by atoms with Gasteiger partial charge >= 0.3 is 0 Å². The van der Waals surface area contributed by atoms with Crippen molar-refractivity contribution in [2.75, 3.05) is 38.4 Å². The van der Waals surface area contributed by atoms with Gasteiger partial charge in [0.15, 0.2) is 5.75 Å². The van der Waals surface area contributed by atoms with E-state index in [-0.39, 0.29) is 5.25 Å². The molecule has 0 saturated heterocycles. The van der Waals surface area contributed by atoms with Gasteiger partial charge in [0.2, 0.25) is 0 Å². The van der Waals surface area contributed by atoms with Crippen molar-refractivity contribution < 1.29 is 14.2 Å². The minimum atomic E-state index is 0.144. The zero-order chi connectivity index (χ0) is 20.1. The highest BCUT2D eigenvalue weighted by Gasteiger charge is 2.22. The van der Waals surface area contributed by atoms with Gasteiger partial charge in [-0.25, -0.2) is 15.0 Å². The second-order valence-corrected chi connectivity index (χ2v) is 7.28. The first-order valence-corrected chi connectivity index (χ1v) is 10.4. The van der Waals surface area contributed by atoms with Crippen molar-refractivity contribution in [1.82, 2.24) is 19.9 Å². The lowest BCUT2D eigenvalue weighted by Crippen LogP contribution is -2.19. The van der Waals surface area contributed by atoms with E-state index in [9.17, 15) is 0 Å². The molecule has 1 unspecified atom stereocenters. The Morgan fingerprint density at radius 1 is 1.17 bits per heavy atom. The summed E-state index contributed by atoms with van der Waals surface area (Å²) in [7, 11) is 1.61. The Morgan fingerprint density at radius 3 is 2.93 bits per heavy atom. The summed E-state index contributed by atoms with van der Waals surface area (Å²) in [5.74, 6) is 2.70. The molecule has 0 saturated carbocycles. The molecule has 1 N–H and O–H groups in total. The molecule has 0 aromatic carbocycles. The van der Waals surface area contributed by atoms with Gasteiger partial charge in [0.05, 0.1) is 24.3 Å². The molecule has 150 valence electrons. The number of pyridine rings is 2. The van der Waals surface area contributed by atoms with E-state index in [0.717, 1.165) is 28.4 Å². The molecule has 0 fully saturated rings. The van der Waals surface area contributed by atoms with Crippen molar-refractivity contribution in [2.24, 2.45) is 0 Å². The van der Waals surface area contributed by atoms with E-state index in [0.29, 0.717) is 31.4 Å². The van der Waals surface area contributed by atoms with Crippen LogP contribution in [0.2, 0.25) is 0 Å². The smallest absolute Gasteiger partial charge is 0.257 e. The highest BCUT2D eigenvalue weighted by Crippen LogP contribution is 2.39. The van der Waals surface area contributed by atoms with Gasteiger partial charge in [-0.2, -0.15) is 11.8 Å². The first kappa shape index (κ1) is 19.3. The van der Waals surface area contributed by atoms with Crippen molar-refractivity contribution >= 4 is 17.6 Å². The molecule has 0 spiro atoms. The largest absolute Gasteiger partial charge is 0.495 e. The number of rotatable bonds is 7. The molecule has 0 radical (unpaired) electrons. The number of hydrogen-bond acceptors (Lipinski definition) is 9. The molecule has 0 aliphatic carbocycles. The summed E-state index contributed by atoms with van der Waals surface area (Å²) in [6.45, 7) is 1.71. The quantitative estimate of drug-likeness (QED) is 0.629. The maximum absolute atomic E-state index is 5.82. The molecule has 8 nitrogen and oxygen atoms in total. The molecule has 9 heteroatoms. The van der Waals surface area contributed by atoms with E-state index >= 15 is 0 Å². The SMILES string of the molecule is COc1cncc(-c2cc(NCC(SC)c3ccnc4c3OCCO4)ncn2)c1. The minimum absolute atomic E-state index is 0.144. The van der Waals surface area contributed by atoms with Crippen LogP contribution in [0, 0.1) is 0 Å². The third-order valence-electron chi connectivity index (χ3n) is 4.48. The van der Waals surface area contributed by atoms with Crippen molar-refractivity contribution in [1.29, 1.82) is 0 Å². The number of ether oxygens (including phenoxy) is 3. The van der Waals surface area contributed by atoms with Gasteiger partial charge in [-0.05, 0) is 18.4 Å². The average molecular weight is 411 g/mol. The van der Waals surface area contributed by atoms with Gasteiger partial charge in [0.25, 0.3) is 5.88 Å². The maximum atomic E-state index is 5.82. The molecule has 4 heterocycles. The zero-order valence-electron chi connectivity index (χ0n) is 16.2. The lowest BCUT2D eigenvalue weighted by Gasteiger charge is -2.23. The van der Waals surface area contributed by atoms with Crippen molar-refractivity contribution in [3.63, 3.8) is 0 Å². The molecule has 3 aromatic rings. The molecule has 0 bridgehead atoms. The molecule has 29 heavy (non-hydrogen) atoms. The average Bonchev–Trinajstić information content (AvgIpc) is 2.80. The number of nitrogens with zero attached hydrogens (tertiary/aromatic N) is 4. The monoisotopic (exact) mass is 411 g/mol. The maximum Gasteiger partial charge on any atom is 0.257 e. The Balaban J connectivity index is 1.51. The van der Waals surface area contributed by atoms with E-state index in [1.54, 1.807) is 37.5 Å². The number of thioether (sulfide) groups is 1. The Bertz CT molecular complexity index is 988. The van der Waals surface area contributed by atoms with Crippen LogP contribution in [-0.4, -0.2) is 53.1 Å². The number of methoxy groups -OCH3 is 1. The summed E-state index contributed by atoms with van der Waals surface area (Å²) in [6, 6.07) is 5.77. The highest BCUT2D eigenvalue weighted by atomic mass is 32.2. The molecular weight excluding hydrogens is 390 g/mol.